The number of carbonyl (C=O) groups is 1. The summed E-state index contributed by atoms with van der Waals surface area (Å²) in [5, 5.41) is 11.8. The molecule has 0 bridgehead atoms. The summed E-state index contributed by atoms with van der Waals surface area (Å²) in [6.07, 6.45) is 4.94. The first-order chi connectivity index (χ1) is 18.4. The number of carbonyl (C=O) groups excluding carboxylic acids is 1. The summed E-state index contributed by atoms with van der Waals surface area (Å²) in [6.45, 7) is 9.24. The molecule has 1 saturated heterocycles. The highest BCUT2D eigenvalue weighted by Gasteiger charge is 2.61. The van der Waals surface area contributed by atoms with E-state index in [4.69, 9.17) is 0 Å². The second-order valence-corrected chi connectivity index (χ2v) is 14.3. The maximum Gasteiger partial charge on any atom is 0.416 e. The summed E-state index contributed by atoms with van der Waals surface area (Å²) in [6, 6.07) is 5.66. The van der Waals surface area contributed by atoms with Crippen molar-refractivity contribution in [2.45, 2.75) is 90.0 Å². The van der Waals surface area contributed by atoms with Crippen LogP contribution in [0.4, 0.5) is 13.2 Å². The van der Waals surface area contributed by atoms with E-state index in [1.165, 1.54) is 31.4 Å². The van der Waals surface area contributed by atoms with Gasteiger partial charge in [0.05, 0.1) is 11.2 Å². The molecule has 1 heterocycles. The minimum Gasteiger partial charge on any atom is -0.389 e. The Morgan fingerprint density at radius 1 is 0.949 bits per heavy atom. The van der Waals surface area contributed by atoms with E-state index in [-0.39, 0.29) is 10.8 Å². The molecule has 0 unspecified atom stereocenters. The van der Waals surface area contributed by atoms with Gasteiger partial charge in [0.25, 0.3) is 0 Å². The number of piperazine rings is 1. The first-order valence-corrected chi connectivity index (χ1v) is 15.3. The van der Waals surface area contributed by atoms with Gasteiger partial charge in [0.15, 0.2) is 0 Å². The van der Waals surface area contributed by atoms with Crippen LogP contribution in [-0.2, 0) is 17.5 Å². The number of rotatable bonds is 4. The van der Waals surface area contributed by atoms with Crippen molar-refractivity contribution in [3.05, 3.63) is 35.4 Å². The Kier molecular flexibility index (Phi) is 6.99. The monoisotopic (exact) mass is 546 g/mol. The minimum absolute atomic E-state index is 0.0803. The van der Waals surface area contributed by atoms with Crippen molar-refractivity contribution >= 4 is 5.78 Å². The van der Waals surface area contributed by atoms with Crippen molar-refractivity contribution < 1.29 is 23.1 Å². The largest absolute Gasteiger partial charge is 0.416 e. The Morgan fingerprint density at radius 3 is 2.44 bits per heavy atom. The Labute approximate surface area is 231 Å². The SMILES string of the molecule is C[C@]12CC[C@](O)(CN3CCN(Cc4cccc(C(F)(F)F)c4)CC3)C[C@@H]1CC[C@@H]1[C@@H]2CC[C@]2(C)C(=O)CC[C@@H]12. The summed E-state index contributed by atoms with van der Waals surface area (Å²) in [5.41, 5.74) is -0.358. The number of ketones is 1. The van der Waals surface area contributed by atoms with Gasteiger partial charge in [-0.15, -0.1) is 0 Å². The molecular weight excluding hydrogens is 501 g/mol. The van der Waals surface area contributed by atoms with Crippen molar-refractivity contribution in [1.82, 2.24) is 9.80 Å². The number of alkyl halides is 3. The van der Waals surface area contributed by atoms with Gasteiger partial charge in [0.2, 0.25) is 0 Å². The normalized spacial score (nSPS) is 41.6. The number of hydrogen-bond acceptors (Lipinski definition) is 4. The van der Waals surface area contributed by atoms with Gasteiger partial charge < -0.3 is 5.11 Å². The third-order valence-corrected chi connectivity index (χ3v) is 12.2. The van der Waals surface area contributed by atoms with Gasteiger partial charge >= 0.3 is 6.18 Å². The zero-order valence-electron chi connectivity index (χ0n) is 23.6. The van der Waals surface area contributed by atoms with Crippen molar-refractivity contribution in [2.75, 3.05) is 32.7 Å². The van der Waals surface area contributed by atoms with Crippen LogP contribution in [0.25, 0.3) is 0 Å². The van der Waals surface area contributed by atoms with Crippen LogP contribution < -0.4 is 0 Å². The predicted octanol–water partition coefficient (Wildman–Crippen LogP) is 6.17. The highest BCUT2D eigenvalue weighted by Crippen LogP contribution is 2.66. The molecule has 0 spiro atoms. The van der Waals surface area contributed by atoms with Gasteiger partial charge in [-0.2, -0.15) is 13.2 Å². The van der Waals surface area contributed by atoms with E-state index in [2.05, 4.69) is 23.6 Å². The summed E-state index contributed by atoms with van der Waals surface area (Å²) in [4.78, 5) is 17.3. The molecule has 1 aromatic rings. The zero-order valence-corrected chi connectivity index (χ0v) is 23.6. The average molecular weight is 547 g/mol. The first kappa shape index (κ1) is 27.7. The van der Waals surface area contributed by atoms with Gasteiger partial charge in [0, 0.05) is 51.1 Å². The van der Waals surface area contributed by atoms with Crippen molar-refractivity contribution in [2.24, 2.45) is 34.5 Å². The molecular formula is C32H45F3N2O2. The number of halogens is 3. The molecule has 5 aliphatic rings. The fraction of sp³-hybridized carbons (Fsp3) is 0.781. The lowest BCUT2D eigenvalue weighted by molar-refractivity contribution is -0.158. The van der Waals surface area contributed by atoms with Crippen LogP contribution in [-0.4, -0.2) is 59.0 Å². The molecule has 1 aliphatic heterocycles. The number of benzene rings is 1. The maximum atomic E-state index is 13.1. The number of aliphatic hydroxyl groups is 1. The highest BCUT2D eigenvalue weighted by molar-refractivity contribution is 5.87. The molecule has 1 aromatic carbocycles. The number of β-amino-alcohol motifs (C(OH)–C–C–N with tert-alkyl or cyclic N) is 1. The smallest absolute Gasteiger partial charge is 0.389 e. The van der Waals surface area contributed by atoms with E-state index in [0.29, 0.717) is 48.1 Å². The van der Waals surface area contributed by atoms with Gasteiger partial charge in [0.1, 0.15) is 5.78 Å². The maximum absolute atomic E-state index is 13.1. The molecule has 4 nitrogen and oxygen atoms in total. The minimum atomic E-state index is -4.31. The van der Waals surface area contributed by atoms with Crippen molar-refractivity contribution in [3.63, 3.8) is 0 Å². The lowest BCUT2D eigenvalue weighted by Gasteiger charge is -2.61. The first-order valence-electron chi connectivity index (χ1n) is 15.3. The topological polar surface area (TPSA) is 43.8 Å². The lowest BCUT2D eigenvalue weighted by Crippen LogP contribution is -2.59. The average Bonchev–Trinajstić information content (AvgIpc) is 3.20. The van der Waals surface area contributed by atoms with Crippen LogP contribution in [0.5, 0.6) is 0 Å². The second kappa shape index (κ2) is 9.84. The van der Waals surface area contributed by atoms with Crippen LogP contribution >= 0.6 is 0 Å². The molecule has 7 atom stereocenters. The third kappa shape index (κ3) is 4.99. The van der Waals surface area contributed by atoms with E-state index in [9.17, 15) is 23.1 Å². The van der Waals surface area contributed by atoms with E-state index in [0.717, 1.165) is 70.8 Å². The standard InChI is InChI=1S/C32H45F3N2O2/c1-29-12-13-31(39,19-24(29)6-7-25-26-8-9-28(38)30(26,2)11-10-27(25)29)21-37-16-14-36(15-17-37)20-22-4-3-5-23(18-22)32(33,34)35/h3-5,18,24-27,39H,6-17,19-21H2,1-2H3/t24-,25-,26-,27-,29-,30-,31+/m0/s1. The molecule has 6 rings (SSSR count). The molecule has 216 valence electrons. The van der Waals surface area contributed by atoms with Gasteiger partial charge in [-0.3, -0.25) is 14.6 Å². The summed E-state index contributed by atoms with van der Waals surface area (Å²) >= 11 is 0. The van der Waals surface area contributed by atoms with Gasteiger partial charge in [-0.25, -0.2) is 0 Å². The number of Topliss-reactive ketones (excluding diaryl/α,β-unsaturated/α-hetero) is 1. The van der Waals surface area contributed by atoms with E-state index < -0.39 is 17.3 Å². The molecule has 1 N–H and O–H groups in total. The molecule has 4 saturated carbocycles. The second-order valence-electron chi connectivity index (χ2n) is 14.3. The van der Waals surface area contributed by atoms with E-state index in [1.54, 1.807) is 6.07 Å². The van der Waals surface area contributed by atoms with E-state index in [1.807, 2.05) is 0 Å². The number of hydrogen-bond donors (Lipinski definition) is 1. The fourth-order valence-corrected chi connectivity index (χ4v) is 9.86. The van der Waals surface area contributed by atoms with E-state index >= 15 is 0 Å². The molecule has 0 amide bonds. The van der Waals surface area contributed by atoms with Crippen molar-refractivity contribution in [3.8, 4) is 0 Å². The fourth-order valence-electron chi connectivity index (χ4n) is 9.86. The van der Waals surface area contributed by atoms with Crippen LogP contribution in [0.1, 0.15) is 82.8 Å². The van der Waals surface area contributed by atoms with Crippen LogP contribution in [0.3, 0.4) is 0 Å². The quantitative estimate of drug-likeness (QED) is 0.491. The Bertz CT molecular complexity index is 1090. The molecule has 5 fully saturated rings. The van der Waals surface area contributed by atoms with Crippen LogP contribution in [0.15, 0.2) is 24.3 Å². The summed E-state index contributed by atoms with van der Waals surface area (Å²) < 4.78 is 39.3. The Balaban J connectivity index is 1.04. The highest BCUT2D eigenvalue weighted by atomic mass is 19.4. The van der Waals surface area contributed by atoms with Gasteiger partial charge in [-0.05, 0) is 92.1 Å². The molecule has 39 heavy (non-hydrogen) atoms. The van der Waals surface area contributed by atoms with Gasteiger partial charge in [-0.1, -0.05) is 32.0 Å². The summed E-state index contributed by atoms with van der Waals surface area (Å²) in [5.74, 6) is 2.97. The molecule has 0 aromatic heterocycles. The predicted molar refractivity (Wildman–Crippen MR) is 145 cm³/mol. The van der Waals surface area contributed by atoms with Crippen LogP contribution in [0.2, 0.25) is 0 Å². The molecule has 4 aliphatic carbocycles. The summed E-state index contributed by atoms with van der Waals surface area (Å²) in [7, 11) is 0. The molecule has 0 radical (unpaired) electrons. The number of nitrogens with zero attached hydrogens (tertiary/aromatic N) is 2. The lowest BCUT2D eigenvalue weighted by atomic mass is 9.44. The zero-order chi connectivity index (χ0) is 27.6. The Morgan fingerprint density at radius 2 is 1.69 bits per heavy atom. The van der Waals surface area contributed by atoms with Crippen LogP contribution in [0, 0.1) is 34.5 Å². The number of fused-ring (bicyclic) bond motifs is 5. The molecule has 7 heteroatoms. The Hall–Kier alpha value is -1.44. The third-order valence-electron chi connectivity index (χ3n) is 12.2. The van der Waals surface area contributed by atoms with Crippen molar-refractivity contribution in [1.29, 1.82) is 0 Å².